The number of likely N-dealkylation sites (tertiary alicyclic amines) is 1. The Morgan fingerprint density at radius 2 is 1.96 bits per heavy atom. The molecule has 3 rings (SSSR count). The number of nitrogens with one attached hydrogen (secondary N) is 2. The molecule has 1 heterocycles. The van der Waals surface area contributed by atoms with Crippen LogP contribution in [0.1, 0.15) is 29.6 Å². The van der Waals surface area contributed by atoms with E-state index in [0.717, 1.165) is 36.7 Å². The van der Waals surface area contributed by atoms with Crippen molar-refractivity contribution in [1.29, 1.82) is 0 Å². The number of amides is 2. The molecule has 2 amide bonds. The van der Waals surface area contributed by atoms with Gasteiger partial charge in [-0.3, -0.25) is 9.59 Å². The van der Waals surface area contributed by atoms with Crippen LogP contribution in [0.3, 0.4) is 0 Å². The van der Waals surface area contributed by atoms with Crippen molar-refractivity contribution < 1.29 is 9.59 Å². The number of rotatable bonds is 5. The Bertz CT molecular complexity index is 759. The van der Waals surface area contributed by atoms with E-state index in [4.69, 9.17) is 0 Å². The van der Waals surface area contributed by atoms with E-state index < -0.39 is 0 Å². The normalized spacial score (nSPS) is 17.5. The number of likely N-dealkylation sites (N-methyl/N-ethyl adjacent to an activating group) is 1. The van der Waals surface area contributed by atoms with Crippen molar-refractivity contribution in [2.75, 3.05) is 26.7 Å². The Morgan fingerprint density at radius 3 is 2.76 bits per heavy atom. The van der Waals surface area contributed by atoms with Crippen LogP contribution in [0, 0.1) is 0 Å². The number of fused-ring (bicyclic) bond motifs is 1. The largest absolute Gasteiger partial charge is 0.352 e. The predicted molar refractivity (Wildman–Crippen MR) is 99.6 cm³/mol. The van der Waals surface area contributed by atoms with Crippen LogP contribution in [0.5, 0.6) is 0 Å². The summed E-state index contributed by atoms with van der Waals surface area (Å²) in [6.07, 6.45) is 2.48. The van der Waals surface area contributed by atoms with Gasteiger partial charge in [0.15, 0.2) is 0 Å². The van der Waals surface area contributed by atoms with Gasteiger partial charge >= 0.3 is 0 Å². The Balaban J connectivity index is 1.50. The first-order chi connectivity index (χ1) is 12.2. The van der Waals surface area contributed by atoms with Crippen LogP contribution >= 0.6 is 0 Å². The van der Waals surface area contributed by atoms with E-state index in [1.165, 1.54) is 0 Å². The van der Waals surface area contributed by atoms with Crippen LogP contribution < -0.4 is 10.6 Å². The maximum absolute atomic E-state index is 12.3. The second-order valence-electron chi connectivity index (χ2n) is 6.54. The zero-order valence-corrected chi connectivity index (χ0v) is 14.6. The standard InChI is InChI=1S/C20H25N3O2/c1-21-18-7-4-12-23(14-18)19(24)10-11-22-20(25)17-9-8-15-5-2-3-6-16(15)13-17/h2-3,5-6,8-9,13,18,21H,4,7,10-12,14H2,1H3,(H,22,25). The lowest BCUT2D eigenvalue weighted by Gasteiger charge is -2.32. The van der Waals surface area contributed by atoms with Crippen LogP contribution in [0.15, 0.2) is 42.5 Å². The zero-order valence-electron chi connectivity index (χ0n) is 14.6. The smallest absolute Gasteiger partial charge is 0.251 e. The van der Waals surface area contributed by atoms with Crippen LogP contribution in [-0.4, -0.2) is 49.4 Å². The van der Waals surface area contributed by atoms with Crippen molar-refractivity contribution >= 4 is 22.6 Å². The highest BCUT2D eigenvalue weighted by Gasteiger charge is 2.22. The number of hydrogen-bond donors (Lipinski definition) is 2. The summed E-state index contributed by atoms with van der Waals surface area (Å²) in [6.45, 7) is 1.94. The average Bonchev–Trinajstić information content (AvgIpc) is 2.67. The number of hydrogen-bond acceptors (Lipinski definition) is 3. The summed E-state index contributed by atoms with van der Waals surface area (Å²) in [4.78, 5) is 26.5. The fraction of sp³-hybridized carbons (Fsp3) is 0.400. The molecule has 132 valence electrons. The monoisotopic (exact) mass is 339 g/mol. The SMILES string of the molecule is CNC1CCCN(C(=O)CCNC(=O)c2ccc3ccccc3c2)C1. The van der Waals surface area contributed by atoms with E-state index in [0.29, 0.717) is 24.6 Å². The van der Waals surface area contributed by atoms with Gasteiger partial charge in [0.1, 0.15) is 0 Å². The number of piperidine rings is 1. The summed E-state index contributed by atoms with van der Waals surface area (Å²) in [5.74, 6) is -0.0240. The lowest BCUT2D eigenvalue weighted by molar-refractivity contribution is -0.132. The van der Waals surface area contributed by atoms with Gasteiger partial charge in [-0.05, 0) is 42.8 Å². The molecule has 2 aromatic carbocycles. The molecule has 2 aromatic rings. The van der Waals surface area contributed by atoms with Crippen LogP contribution in [0.2, 0.25) is 0 Å². The third-order valence-electron chi connectivity index (χ3n) is 4.82. The summed E-state index contributed by atoms with van der Waals surface area (Å²) in [5, 5.41) is 8.24. The second kappa shape index (κ2) is 8.12. The zero-order chi connectivity index (χ0) is 17.6. The molecule has 0 aliphatic carbocycles. The minimum atomic E-state index is -0.134. The molecule has 25 heavy (non-hydrogen) atoms. The summed E-state index contributed by atoms with van der Waals surface area (Å²) in [7, 11) is 1.93. The van der Waals surface area contributed by atoms with E-state index in [-0.39, 0.29) is 11.8 Å². The van der Waals surface area contributed by atoms with Crippen LogP contribution in [0.4, 0.5) is 0 Å². The van der Waals surface area contributed by atoms with Crippen LogP contribution in [-0.2, 0) is 4.79 Å². The molecule has 5 heteroatoms. The Morgan fingerprint density at radius 1 is 1.16 bits per heavy atom. The van der Waals surface area contributed by atoms with Crippen molar-refractivity contribution in [2.24, 2.45) is 0 Å². The van der Waals surface area contributed by atoms with E-state index in [2.05, 4.69) is 10.6 Å². The molecule has 0 spiro atoms. The first-order valence-electron chi connectivity index (χ1n) is 8.89. The van der Waals surface area contributed by atoms with Crippen molar-refractivity contribution in [2.45, 2.75) is 25.3 Å². The first-order valence-corrected chi connectivity index (χ1v) is 8.89. The maximum Gasteiger partial charge on any atom is 0.251 e. The molecular formula is C20H25N3O2. The highest BCUT2D eigenvalue weighted by Crippen LogP contribution is 2.15. The predicted octanol–water partition coefficient (Wildman–Crippen LogP) is 2.17. The number of nitrogens with zero attached hydrogens (tertiary/aromatic N) is 1. The highest BCUT2D eigenvalue weighted by molar-refractivity contribution is 5.98. The van der Waals surface area contributed by atoms with Gasteiger partial charge in [-0.25, -0.2) is 0 Å². The van der Waals surface area contributed by atoms with E-state index in [1.807, 2.05) is 54.4 Å². The van der Waals surface area contributed by atoms with Crippen molar-refractivity contribution in [3.05, 3.63) is 48.0 Å². The van der Waals surface area contributed by atoms with Crippen molar-refractivity contribution in [1.82, 2.24) is 15.5 Å². The Labute approximate surface area is 148 Å². The molecular weight excluding hydrogens is 314 g/mol. The van der Waals surface area contributed by atoms with Crippen molar-refractivity contribution in [3.63, 3.8) is 0 Å². The lowest BCUT2D eigenvalue weighted by Crippen LogP contribution is -2.47. The van der Waals surface area contributed by atoms with Gasteiger partial charge in [-0.1, -0.05) is 30.3 Å². The minimum absolute atomic E-state index is 0.110. The third kappa shape index (κ3) is 4.37. The molecule has 1 atom stereocenters. The van der Waals surface area contributed by atoms with E-state index >= 15 is 0 Å². The molecule has 2 N–H and O–H groups in total. The van der Waals surface area contributed by atoms with Gasteiger partial charge in [-0.15, -0.1) is 0 Å². The fourth-order valence-electron chi connectivity index (χ4n) is 3.31. The highest BCUT2D eigenvalue weighted by atomic mass is 16.2. The quantitative estimate of drug-likeness (QED) is 0.878. The third-order valence-corrected chi connectivity index (χ3v) is 4.82. The van der Waals surface area contributed by atoms with Gasteiger partial charge in [0, 0.05) is 37.7 Å². The molecule has 0 bridgehead atoms. The molecule has 1 fully saturated rings. The van der Waals surface area contributed by atoms with Gasteiger partial charge in [0.2, 0.25) is 5.91 Å². The topological polar surface area (TPSA) is 61.4 Å². The minimum Gasteiger partial charge on any atom is -0.352 e. The molecule has 1 unspecified atom stereocenters. The molecule has 1 aliphatic rings. The summed E-state index contributed by atoms with van der Waals surface area (Å²) in [5.41, 5.74) is 0.624. The number of benzene rings is 2. The van der Waals surface area contributed by atoms with E-state index in [1.54, 1.807) is 0 Å². The first kappa shape index (κ1) is 17.4. The maximum atomic E-state index is 12.3. The Kier molecular flexibility index (Phi) is 5.66. The van der Waals surface area contributed by atoms with Gasteiger partial charge in [0.25, 0.3) is 5.91 Å². The van der Waals surface area contributed by atoms with E-state index in [9.17, 15) is 9.59 Å². The summed E-state index contributed by atoms with van der Waals surface area (Å²) in [6, 6.07) is 14.0. The molecule has 0 radical (unpaired) electrons. The molecule has 1 saturated heterocycles. The van der Waals surface area contributed by atoms with Crippen molar-refractivity contribution in [3.8, 4) is 0 Å². The second-order valence-corrected chi connectivity index (χ2v) is 6.54. The summed E-state index contributed by atoms with van der Waals surface area (Å²) < 4.78 is 0. The Hall–Kier alpha value is -2.40. The molecule has 0 saturated carbocycles. The fourth-order valence-corrected chi connectivity index (χ4v) is 3.31. The van der Waals surface area contributed by atoms with Gasteiger partial charge in [0.05, 0.1) is 0 Å². The average molecular weight is 339 g/mol. The molecule has 5 nitrogen and oxygen atoms in total. The van der Waals surface area contributed by atoms with Crippen LogP contribution in [0.25, 0.3) is 10.8 Å². The molecule has 0 aromatic heterocycles. The molecule has 1 aliphatic heterocycles. The number of carbonyl (C=O) groups excluding carboxylic acids is 2. The summed E-state index contributed by atoms with van der Waals surface area (Å²) >= 11 is 0. The number of carbonyl (C=O) groups is 2. The lowest BCUT2D eigenvalue weighted by atomic mass is 10.1. The van der Waals surface area contributed by atoms with Gasteiger partial charge in [-0.2, -0.15) is 0 Å². The van der Waals surface area contributed by atoms with Gasteiger partial charge < -0.3 is 15.5 Å².